The first kappa shape index (κ1) is 20.7. The molecule has 0 amide bonds. The molecule has 6 nitrogen and oxygen atoms in total. The van der Waals surface area contributed by atoms with E-state index in [0.29, 0.717) is 23.8 Å². The van der Waals surface area contributed by atoms with E-state index < -0.39 is 0 Å². The van der Waals surface area contributed by atoms with Gasteiger partial charge in [-0.2, -0.15) is 0 Å². The van der Waals surface area contributed by atoms with Gasteiger partial charge in [0.1, 0.15) is 0 Å². The van der Waals surface area contributed by atoms with Gasteiger partial charge in [0.25, 0.3) is 0 Å². The second-order valence-electron chi connectivity index (χ2n) is 5.36. The summed E-state index contributed by atoms with van der Waals surface area (Å²) in [5.74, 6) is 2.90. The summed E-state index contributed by atoms with van der Waals surface area (Å²) in [5.41, 5.74) is 0.972. The minimum Gasteiger partial charge on any atom is -0.493 e. The first-order chi connectivity index (χ1) is 11.2. The molecule has 1 fully saturated rings. The van der Waals surface area contributed by atoms with Gasteiger partial charge in [0.05, 0.1) is 27.9 Å². The summed E-state index contributed by atoms with van der Waals surface area (Å²) >= 11 is 0. The Balaban J connectivity index is 0.00000288. The van der Waals surface area contributed by atoms with Crippen LogP contribution in [-0.4, -0.2) is 51.8 Å². The van der Waals surface area contributed by atoms with Gasteiger partial charge in [-0.05, 0) is 31.9 Å². The molecule has 1 aliphatic rings. The SMILES string of the molecule is CCNC(=NCc1ccc(OC)c(OC)c1OC)N1CCCC1.I. The Labute approximate surface area is 161 Å². The minimum absolute atomic E-state index is 0. The van der Waals surface area contributed by atoms with E-state index in [0.717, 1.165) is 31.2 Å². The molecule has 1 heterocycles. The van der Waals surface area contributed by atoms with Crippen molar-refractivity contribution in [3.8, 4) is 17.2 Å². The molecule has 1 aromatic rings. The van der Waals surface area contributed by atoms with E-state index in [1.54, 1.807) is 21.3 Å². The number of rotatable bonds is 6. The van der Waals surface area contributed by atoms with Crippen molar-refractivity contribution in [1.82, 2.24) is 10.2 Å². The molecular formula is C17H28IN3O3. The zero-order valence-corrected chi connectivity index (χ0v) is 17.3. The fraction of sp³-hybridized carbons (Fsp3) is 0.588. The summed E-state index contributed by atoms with van der Waals surface area (Å²) in [6, 6.07) is 3.85. The number of halogens is 1. The molecule has 24 heavy (non-hydrogen) atoms. The van der Waals surface area contributed by atoms with E-state index >= 15 is 0 Å². The van der Waals surface area contributed by atoms with Crippen molar-refractivity contribution in [2.45, 2.75) is 26.3 Å². The smallest absolute Gasteiger partial charge is 0.203 e. The molecule has 2 rings (SSSR count). The molecule has 0 aliphatic carbocycles. The molecule has 0 spiro atoms. The van der Waals surface area contributed by atoms with Crippen LogP contribution in [0.2, 0.25) is 0 Å². The topological polar surface area (TPSA) is 55.3 Å². The van der Waals surface area contributed by atoms with E-state index in [1.165, 1.54) is 12.8 Å². The highest BCUT2D eigenvalue weighted by atomic mass is 127. The normalized spacial score (nSPS) is 14.2. The fourth-order valence-electron chi connectivity index (χ4n) is 2.80. The lowest BCUT2D eigenvalue weighted by molar-refractivity contribution is 0.322. The van der Waals surface area contributed by atoms with Crippen molar-refractivity contribution >= 4 is 29.9 Å². The van der Waals surface area contributed by atoms with Crippen LogP contribution < -0.4 is 19.5 Å². The number of likely N-dealkylation sites (tertiary alicyclic amines) is 1. The van der Waals surface area contributed by atoms with Gasteiger partial charge in [-0.15, -0.1) is 24.0 Å². The molecule has 136 valence electrons. The maximum Gasteiger partial charge on any atom is 0.203 e. The monoisotopic (exact) mass is 449 g/mol. The summed E-state index contributed by atoms with van der Waals surface area (Å²) in [4.78, 5) is 7.06. The van der Waals surface area contributed by atoms with Crippen LogP contribution in [0.25, 0.3) is 0 Å². The highest BCUT2D eigenvalue weighted by Gasteiger charge is 2.18. The third-order valence-corrected chi connectivity index (χ3v) is 3.93. The number of hydrogen-bond acceptors (Lipinski definition) is 4. The Morgan fingerprint density at radius 2 is 1.75 bits per heavy atom. The molecule has 1 aliphatic heterocycles. The average molecular weight is 449 g/mol. The summed E-state index contributed by atoms with van der Waals surface area (Å²) in [7, 11) is 4.86. The highest BCUT2D eigenvalue weighted by Crippen LogP contribution is 2.39. The molecule has 0 radical (unpaired) electrons. The zero-order chi connectivity index (χ0) is 16.7. The van der Waals surface area contributed by atoms with Gasteiger partial charge in [-0.1, -0.05) is 0 Å². The third kappa shape index (κ3) is 4.81. The summed E-state index contributed by atoms with van der Waals surface area (Å²) in [6.07, 6.45) is 2.45. The Bertz CT molecular complexity index is 546. The third-order valence-electron chi connectivity index (χ3n) is 3.93. The van der Waals surface area contributed by atoms with E-state index in [9.17, 15) is 0 Å². The Morgan fingerprint density at radius 1 is 1.08 bits per heavy atom. The van der Waals surface area contributed by atoms with Crippen molar-refractivity contribution in [2.75, 3.05) is 41.0 Å². The van der Waals surface area contributed by atoms with Crippen LogP contribution in [0, 0.1) is 0 Å². The number of benzene rings is 1. The lowest BCUT2D eigenvalue weighted by Crippen LogP contribution is -2.39. The minimum atomic E-state index is 0. The van der Waals surface area contributed by atoms with E-state index in [1.807, 2.05) is 12.1 Å². The number of methoxy groups -OCH3 is 3. The predicted octanol–water partition coefficient (Wildman–Crippen LogP) is 2.89. The summed E-state index contributed by atoms with van der Waals surface area (Å²) in [5, 5.41) is 3.36. The molecule has 0 saturated carbocycles. The summed E-state index contributed by atoms with van der Waals surface area (Å²) < 4.78 is 16.3. The molecule has 0 unspecified atom stereocenters. The molecule has 7 heteroatoms. The molecule has 1 saturated heterocycles. The van der Waals surface area contributed by atoms with Crippen molar-refractivity contribution in [2.24, 2.45) is 4.99 Å². The van der Waals surface area contributed by atoms with Gasteiger partial charge in [-0.25, -0.2) is 4.99 Å². The quantitative estimate of drug-likeness (QED) is 0.411. The number of hydrogen-bond donors (Lipinski definition) is 1. The fourth-order valence-corrected chi connectivity index (χ4v) is 2.80. The molecule has 0 atom stereocenters. The Hall–Kier alpha value is -1.38. The van der Waals surface area contributed by atoms with Crippen LogP contribution in [0.4, 0.5) is 0 Å². The van der Waals surface area contributed by atoms with Crippen molar-refractivity contribution < 1.29 is 14.2 Å². The standard InChI is InChI=1S/C17H27N3O3.HI/c1-5-18-17(20-10-6-7-11-20)19-12-13-8-9-14(21-2)16(23-4)15(13)22-3;/h8-9H,5-7,10-12H2,1-4H3,(H,18,19);1H. The van der Waals surface area contributed by atoms with Crippen LogP contribution >= 0.6 is 24.0 Å². The van der Waals surface area contributed by atoms with Gasteiger partial charge in [-0.3, -0.25) is 0 Å². The first-order valence-corrected chi connectivity index (χ1v) is 8.06. The predicted molar refractivity (Wildman–Crippen MR) is 107 cm³/mol. The van der Waals surface area contributed by atoms with Crippen molar-refractivity contribution in [1.29, 1.82) is 0 Å². The molecule has 1 N–H and O–H groups in total. The largest absolute Gasteiger partial charge is 0.493 e. The van der Waals surface area contributed by atoms with Crippen LogP contribution in [0.3, 0.4) is 0 Å². The molecular weight excluding hydrogens is 421 g/mol. The average Bonchev–Trinajstić information content (AvgIpc) is 3.11. The van der Waals surface area contributed by atoms with E-state index in [2.05, 4.69) is 17.1 Å². The van der Waals surface area contributed by atoms with Crippen molar-refractivity contribution in [3.63, 3.8) is 0 Å². The van der Waals surface area contributed by atoms with Crippen LogP contribution in [-0.2, 0) is 6.54 Å². The number of aliphatic imine (C=N–C) groups is 1. The number of guanidine groups is 1. The Kier molecular flexibility index (Phi) is 9.02. The molecule has 1 aromatic carbocycles. The highest BCUT2D eigenvalue weighted by molar-refractivity contribution is 14.0. The second kappa shape index (κ2) is 10.5. The van der Waals surface area contributed by atoms with E-state index in [-0.39, 0.29) is 24.0 Å². The lowest BCUT2D eigenvalue weighted by atomic mass is 10.1. The van der Waals surface area contributed by atoms with Crippen molar-refractivity contribution in [3.05, 3.63) is 17.7 Å². The number of nitrogens with one attached hydrogen (secondary N) is 1. The second-order valence-corrected chi connectivity index (χ2v) is 5.36. The van der Waals surface area contributed by atoms with Gasteiger partial charge in [0, 0.05) is 25.2 Å². The lowest BCUT2D eigenvalue weighted by Gasteiger charge is -2.21. The van der Waals surface area contributed by atoms with Crippen LogP contribution in [0.1, 0.15) is 25.3 Å². The van der Waals surface area contributed by atoms with Gasteiger partial charge in [0.15, 0.2) is 17.5 Å². The van der Waals surface area contributed by atoms with Gasteiger partial charge < -0.3 is 24.4 Å². The number of nitrogens with zero attached hydrogens (tertiary/aromatic N) is 2. The maximum absolute atomic E-state index is 5.52. The first-order valence-electron chi connectivity index (χ1n) is 8.06. The summed E-state index contributed by atoms with van der Waals surface area (Å²) in [6.45, 7) is 5.60. The number of ether oxygens (including phenoxy) is 3. The van der Waals surface area contributed by atoms with E-state index in [4.69, 9.17) is 19.2 Å². The molecule has 0 bridgehead atoms. The van der Waals surface area contributed by atoms with Crippen LogP contribution in [0.15, 0.2) is 17.1 Å². The Morgan fingerprint density at radius 3 is 2.29 bits per heavy atom. The van der Waals surface area contributed by atoms with Gasteiger partial charge in [0.2, 0.25) is 5.75 Å². The molecule has 0 aromatic heterocycles. The van der Waals surface area contributed by atoms with Gasteiger partial charge >= 0.3 is 0 Å². The van der Waals surface area contributed by atoms with Crippen LogP contribution in [0.5, 0.6) is 17.2 Å². The zero-order valence-electron chi connectivity index (χ0n) is 14.9. The maximum atomic E-state index is 5.52.